The number of nitrogens with zero attached hydrogens (tertiary/aromatic N) is 1. The molecule has 3 aliphatic rings. The van der Waals surface area contributed by atoms with Crippen LogP contribution in [0.15, 0.2) is 36.7 Å². The van der Waals surface area contributed by atoms with Gasteiger partial charge >= 0.3 is 0 Å². The SMILES string of the molecule is NC1NC2(CO1)c1cc(-c3cncc(F)c3)ccc1OC1CCCOC12. The fraction of sp³-hybridized carbons (Fsp3) is 0.421. The van der Waals surface area contributed by atoms with Gasteiger partial charge in [-0.15, -0.1) is 0 Å². The van der Waals surface area contributed by atoms with Gasteiger partial charge in [-0.2, -0.15) is 0 Å². The summed E-state index contributed by atoms with van der Waals surface area (Å²) >= 11 is 0. The van der Waals surface area contributed by atoms with E-state index in [-0.39, 0.29) is 18.0 Å². The number of pyridine rings is 1. The number of hydrogen-bond donors (Lipinski definition) is 2. The van der Waals surface area contributed by atoms with Gasteiger partial charge in [0.15, 0.2) is 6.35 Å². The highest BCUT2D eigenvalue weighted by Gasteiger charge is 2.55. The summed E-state index contributed by atoms with van der Waals surface area (Å²) in [4.78, 5) is 3.95. The van der Waals surface area contributed by atoms with Crippen LogP contribution < -0.4 is 15.8 Å². The smallest absolute Gasteiger partial charge is 0.161 e. The second kappa shape index (κ2) is 5.99. The number of hydrogen-bond acceptors (Lipinski definition) is 6. The number of rotatable bonds is 1. The lowest BCUT2D eigenvalue weighted by Gasteiger charge is -2.47. The Morgan fingerprint density at radius 3 is 2.92 bits per heavy atom. The molecule has 2 saturated heterocycles. The fourth-order valence-corrected chi connectivity index (χ4v) is 4.26. The Labute approximate surface area is 150 Å². The summed E-state index contributed by atoms with van der Waals surface area (Å²) < 4.78 is 31.6. The summed E-state index contributed by atoms with van der Waals surface area (Å²) in [5.41, 5.74) is 7.91. The van der Waals surface area contributed by atoms with Crippen LogP contribution in [0.1, 0.15) is 18.4 Å². The number of nitrogens with two attached hydrogens (primary N) is 1. The number of fused-ring (bicyclic) bond motifs is 4. The third-order valence-electron chi connectivity index (χ3n) is 5.42. The van der Waals surface area contributed by atoms with Crippen LogP contribution in [0.4, 0.5) is 4.39 Å². The van der Waals surface area contributed by atoms with Crippen molar-refractivity contribution in [1.82, 2.24) is 10.3 Å². The Kier molecular flexibility index (Phi) is 3.72. The van der Waals surface area contributed by atoms with E-state index in [4.69, 9.17) is 19.9 Å². The molecule has 7 heteroatoms. The molecule has 4 atom stereocenters. The summed E-state index contributed by atoms with van der Waals surface area (Å²) in [5, 5.41) is 3.38. The van der Waals surface area contributed by atoms with Crippen LogP contribution in [0.25, 0.3) is 11.1 Å². The van der Waals surface area contributed by atoms with E-state index in [1.165, 1.54) is 12.3 Å². The predicted octanol–water partition coefficient (Wildman–Crippen LogP) is 1.89. The summed E-state index contributed by atoms with van der Waals surface area (Å²) in [6.07, 6.45) is 3.94. The van der Waals surface area contributed by atoms with Crippen molar-refractivity contribution in [2.24, 2.45) is 5.73 Å². The van der Waals surface area contributed by atoms with Crippen LogP contribution >= 0.6 is 0 Å². The molecule has 1 aromatic carbocycles. The Bertz CT molecular complexity index is 849. The van der Waals surface area contributed by atoms with Gasteiger partial charge in [0.25, 0.3) is 0 Å². The van der Waals surface area contributed by atoms with Gasteiger partial charge in [-0.1, -0.05) is 6.07 Å². The number of nitrogens with one attached hydrogen (secondary N) is 1. The van der Waals surface area contributed by atoms with E-state index in [1.54, 1.807) is 6.20 Å². The molecule has 3 aliphatic heterocycles. The average Bonchev–Trinajstić information content (AvgIpc) is 3.04. The first-order valence-electron chi connectivity index (χ1n) is 8.84. The van der Waals surface area contributed by atoms with Crippen molar-refractivity contribution < 1.29 is 18.6 Å². The van der Waals surface area contributed by atoms with E-state index in [0.29, 0.717) is 18.8 Å². The van der Waals surface area contributed by atoms with E-state index >= 15 is 0 Å². The number of benzene rings is 1. The Hall–Kier alpha value is -2.06. The molecule has 5 rings (SSSR count). The predicted molar refractivity (Wildman–Crippen MR) is 91.8 cm³/mol. The van der Waals surface area contributed by atoms with Crippen LogP contribution in [0.3, 0.4) is 0 Å². The minimum Gasteiger partial charge on any atom is -0.487 e. The van der Waals surface area contributed by atoms with E-state index in [0.717, 1.165) is 29.7 Å². The molecule has 4 heterocycles. The van der Waals surface area contributed by atoms with Crippen LogP contribution in [-0.4, -0.2) is 36.8 Å². The molecule has 0 saturated carbocycles. The Morgan fingerprint density at radius 2 is 2.12 bits per heavy atom. The molecule has 3 N–H and O–H groups in total. The third-order valence-corrected chi connectivity index (χ3v) is 5.42. The van der Waals surface area contributed by atoms with Gasteiger partial charge in [-0.25, -0.2) is 4.39 Å². The summed E-state index contributed by atoms with van der Waals surface area (Å²) in [6.45, 7) is 1.09. The molecule has 1 spiro atoms. The second-order valence-electron chi connectivity index (χ2n) is 7.04. The van der Waals surface area contributed by atoms with E-state index in [2.05, 4.69) is 10.3 Å². The van der Waals surface area contributed by atoms with Gasteiger partial charge in [0.2, 0.25) is 0 Å². The first kappa shape index (κ1) is 16.1. The molecule has 136 valence electrons. The molecule has 2 aromatic rings. The topological polar surface area (TPSA) is 78.6 Å². The summed E-state index contributed by atoms with van der Waals surface area (Å²) in [7, 11) is 0. The maximum Gasteiger partial charge on any atom is 0.161 e. The summed E-state index contributed by atoms with van der Waals surface area (Å²) in [5.74, 6) is 0.418. The van der Waals surface area contributed by atoms with Crippen molar-refractivity contribution in [3.63, 3.8) is 0 Å². The molecule has 0 aliphatic carbocycles. The lowest BCUT2D eigenvalue weighted by atomic mass is 9.77. The van der Waals surface area contributed by atoms with Crippen molar-refractivity contribution in [2.45, 2.75) is 36.9 Å². The third kappa shape index (κ3) is 2.43. The highest BCUT2D eigenvalue weighted by Crippen LogP contribution is 2.46. The van der Waals surface area contributed by atoms with Gasteiger partial charge in [-0.3, -0.25) is 16.0 Å². The molecule has 2 fully saturated rings. The maximum atomic E-state index is 13.6. The lowest BCUT2D eigenvalue weighted by molar-refractivity contribution is -0.121. The Balaban J connectivity index is 1.64. The zero-order valence-electron chi connectivity index (χ0n) is 14.2. The molecule has 0 bridgehead atoms. The van der Waals surface area contributed by atoms with Crippen molar-refractivity contribution in [3.05, 3.63) is 48.0 Å². The van der Waals surface area contributed by atoms with Gasteiger partial charge in [0, 0.05) is 23.9 Å². The molecule has 26 heavy (non-hydrogen) atoms. The fourth-order valence-electron chi connectivity index (χ4n) is 4.26. The average molecular weight is 357 g/mol. The number of halogens is 1. The van der Waals surface area contributed by atoms with E-state index in [1.807, 2.05) is 18.2 Å². The molecule has 6 nitrogen and oxygen atoms in total. The number of aromatic nitrogens is 1. The molecular formula is C19H20FN3O3. The zero-order valence-corrected chi connectivity index (χ0v) is 14.2. The van der Waals surface area contributed by atoms with Crippen molar-refractivity contribution in [2.75, 3.05) is 13.2 Å². The van der Waals surface area contributed by atoms with Crippen LogP contribution in [-0.2, 0) is 15.0 Å². The quantitative estimate of drug-likeness (QED) is 0.811. The molecule has 0 radical (unpaired) electrons. The Morgan fingerprint density at radius 1 is 1.19 bits per heavy atom. The first-order chi connectivity index (χ1) is 12.7. The van der Waals surface area contributed by atoms with Crippen molar-refractivity contribution >= 4 is 0 Å². The minimum atomic E-state index is -0.575. The van der Waals surface area contributed by atoms with Crippen molar-refractivity contribution in [3.8, 4) is 16.9 Å². The maximum absolute atomic E-state index is 13.6. The van der Waals surface area contributed by atoms with Gasteiger partial charge in [0.1, 0.15) is 29.3 Å². The minimum absolute atomic E-state index is 0.0423. The summed E-state index contributed by atoms with van der Waals surface area (Å²) in [6, 6.07) is 7.31. The van der Waals surface area contributed by atoms with Gasteiger partial charge in [-0.05, 0) is 36.6 Å². The normalized spacial score (nSPS) is 32.8. The van der Waals surface area contributed by atoms with Crippen LogP contribution in [0, 0.1) is 5.82 Å². The van der Waals surface area contributed by atoms with Crippen molar-refractivity contribution in [1.29, 1.82) is 0 Å². The highest BCUT2D eigenvalue weighted by molar-refractivity contribution is 5.66. The molecule has 4 unspecified atom stereocenters. The monoisotopic (exact) mass is 357 g/mol. The zero-order chi connectivity index (χ0) is 17.7. The highest BCUT2D eigenvalue weighted by atomic mass is 19.1. The lowest BCUT2D eigenvalue weighted by Crippen LogP contribution is -2.62. The molecule has 1 aromatic heterocycles. The van der Waals surface area contributed by atoms with Gasteiger partial charge < -0.3 is 14.2 Å². The molecule has 0 amide bonds. The standard InChI is InChI=1S/C19H20FN3O3/c20-13-6-12(8-22-9-13)11-3-4-15-14(7-11)19(10-25-18(21)23-19)17-16(26-15)2-1-5-24-17/h3-4,6-9,16-18,23H,1-2,5,10,21H2. The van der Waals surface area contributed by atoms with E-state index < -0.39 is 11.9 Å². The largest absolute Gasteiger partial charge is 0.487 e. The van der Waals surface area contributed by atoms with Gasteiger partial charge in [0.05, 0.1) is 12.8 Å². The molecular weight excluding hydrogens is 337 g/mol. The second-order valence-corrected chi connectivity index (χ2v) is 7.04. The van der Waals surface area contributed by atoms with E-state index in [9.17, 15) is 4.39 Å². The van der Waals surface area contributed by atoms with Crippen LogP contribution in [0.5, 0.6) is 5.75 Å². The van der Waals surface area contributed by atoms with Crippen LogP contribution in [0.2, 0.25) is 0 Å². The number of ether oxygens (including phenoxy) is 3. The first-order valence-corrected chi connectivity index (χ1v) is 8.84.